The number of hydrogen-bond donors (Lipinski definition) is 1. The smallest absolute Gasteiger partial charge is 0.212 e. The molecule has 1 unspecified atom stereocenters. The van der Waals surface area contributed by atoms with Crippen molar-refractivity contribution in [3.8, 4) is 0 Å². The molecule has 1 aromatic rings. The van der Waals surface area contributed by atoms with Crippen molar-refractivity contribution in [3.05, 3.63) is 16.1 Å². The van der Waals surface area contributed by atoms with Crippen LogP contribution in [0.3, 0.4) is 0 Å². The Morgan fingerprint density at radius 3 is 3.07 bits per heavy atom. The van der Waals surface area contributed by atoms with Crippen LogP contribution < -0.4 is 10.3 Å². The summed E-state index contributed by atoms with van der Waals surface area (Å²) in [5.41, 5.74) is 0.558. The van der Waals surface area contributed by atoms with E-state index in [1.54, 1.807) is 7.05 Å². The van der Waals surface area contributed by atoms with Crippen molar-refractivity contribution in [2.75, 3.05) is 19.0 Å². The molecule has 0 saturated carbocycles. The summed E-state index contributed by atoms with van der Waals surface area (Å²) in [4.78, 5) is 0.562. The van der Waals surface area contributed by atoms with E-state index in [-0.39, 0.29) is 13.2 Å². The third-order valence-electron chi connectivity index (χ3n) is 2.44. The fraction of sp³-hybridized carbons (Fsp3) is 0.750. The van der Waals surface area contributed by atoms with E-state index in [1.807, 2.05) is 6.92 Å². The minimum Gasteiger partial charge on any atom is -0.631 e. The molecule has 1 N–H and O–H groups in total. The minimum atomic E-state index is -0.434. The summed E-state index contributed by atoms with van der Waals surface area (Å²) in [6.07, 6.45) is 0.857. The second-order valence-corrected chi connectivity index (χ2v) is 4.06. The van der Waals surface area contributed by atoms with Gasteiger partial charge in [0.05, 0.1) is 13.6 Å². The van der Waals surface area contributed by atoms with Crippen LogP contribution in [0.1, 0.15) is 19.0 Å². The number of rotatable bonds is 2. The average Bonchev–Trinajstić information content (AvgIpc) is 2.41. The van der Waals surface area contributed by atoms with Crippen molar-refractivity contribution in [1.29, 1.82) is 0 Å². The first kappa shape index (κ1) is 10.2. The highest BCUT2D eigenvalue weighted by molar-refractivity contribution is 5.39. The molecule has 1 aromatic heterocycles. The molecule has 0 saturated heterocycles. The number of hydrogen-bond acceptors (Lipinski definition) is 4. The number of fused-ring (bicyclic) bond motifs is 1. The maximum absolute atomic E-state index is 11.7. The molecule has 0 bridgehead atoms. The van der Waals surface area contributed by atoms with Crippen LogP contribution in [0.2, 0.25) is 0 Å². The summed E-state index contributed by atoms with van der Waals surface area (Å²) < 4.78 is 1.09. The first-order valence-corrected chi connectivity index (χ1v) is 5.02. The Hall–Kier alpha value is -1.34. The Kier molecular flexibility index (Phi) is 2.28. The van der Waals surface area contributed by atoms with Gasteiger partial charge in [-0.1, -0.05) is 11.6 Å². The van der Waals surface area contributed by atoms with Crippen LogP contribution in [0.25, 0.3) is 0 Å². The highest BCUT2D eigenvalue weighted by Gasteiger charge is 2.30. The second kappa shape index (κ2) is 3.35. The molecule has 15 heavy (non-hydrogen) atoms. The Morgan fingerprint density at radius 1 is 1.67 bits per heavy atom. The van der Waals surface area contributed by atoms with E-state index in [0.29, 0.717) is 23.0 Å². The van der Waals surface area contributed by atoms with E-state index in [1.165, 1.54) is 4.68 Å². The SMILES string of the molecule is CCCn1c2c(n[n+]1[O-])C[N+](C)([O-])CN2. The molecule has 0 spiro atoms. The van der Waals surface area contributed by atoms with E-state index < -0.39 is 4.65 Å². The maximum Gasteiger partial charge on any atom is 0.212 e. The molecule has 0 amide bonds. The van der Waals surface area contributed by atoms with E-state index in [0.717, 1.165) is 6.42 Å². The van der Waals surface area contributed by atoms with E-state index in [4.69, 9.17) is 0 Å². The zero-order valence-corrected chi connectivity index (χ0v) is 8.93. The molecular formula is C8H15N5O2. The van der Waals surface area contributed by atoms with Gasteiger partial charge in [-0.05, 0) is 6.42 Å². The first-order valence-electron chi connectivity index (χ1n) is 5.02. The number of aromatic nitrogens is 3. The molecule has 0 fully saturated rings. The van der Waals surface area contributed by atoms with Crippen LogP contribution in [-0.4, -0.2) is 28.1 Å². The summed E-state index contributed by atoms with van der Waals surface area (Å²) in [7, 11) is 1.56. The lowest BCUT2D eigenvalue weighted by Crippen LogP contribution is -2.45. The summed E-state index contributed by atoms with van der Waals surface area (Å²) in [6.45, 7) is 3.13. The van der Waals surface area contributed by atoms with E-state index in [2.05, 4.69) is 10.4 Å². The van der Waals surface area contributed by atoms with Crippen LogP contribution in [-0.2, 0) is 13.1 Å². The van der Waals surface area contributed by atoms with Gasteiger partial charge in [-0.25, -0.2) is 0 Å². The molecule has 2 rings (SSSR count). The molecule has 84 valence electrons. The van der Waals surface area contributed by atoms with Gasteiger partial charge >= 0.3 is 0 Å². The van der Waals surface area contributed by atoms with Crippen molar-refractivity contribution >= 4 is 5.82 Å². The predicted octanol–water partition coefficient (Wildman–Crippen LogP) is -0.246. The largest absolute Gasteiger partial charge is 0.631 e. The highest BCUT2D eigenvalue weighted by Crippen LogP contribution is 2.22. The Bertz CT molecular complexity index is 373. The maximum atomic E-state index is 11.7. The molecule has 7 heteroatoms. The molecule has 0 aromatic carbocycles. The van der Waals surface area contributed by atoms with Gasteiger partial charge in [0.15, 0.2) is 6.67 Å². The van der Waals surface area contributed by atoms with Gasteiger partial charge in [-0.3, -0.25) is 0 Å². The molecule has 2 heterocycles. The van der Waals surface area contributed by atoms with Crippen LogP contribution in [0.4, 0.5) is 5.82 Å². The molecule has 7 nitrogen and oxygen atoms in total. The number of anilines is 1. The van der Waals surface area contributed by atoms with Gasteiger partial charge in [-0.2, -0.15) is 0 Å². The number of hydroxylamine groups is 3. The van der Waals surface area contributed by atoms with Gasteiger partial charge in [0.1, 0.15) is 6.54 Å². The van der Waals surface area contributed by atoms with Crippen molar-refractivity contribution in [3.63, 3.8) is 0 Å². The molecule has 1 aliphatic heterocycles. The van der Waals surface area contributed by atoms with E-state index >= 15 is 0 Å². The lowest BCUT2D eigenvalue weighted by molar-refractivity contribution is -0.873. The molecular weight excluding hydrogens is 198 g/mol. The Morgan fingerprint density at radius 2 is 2.40 bits per heavy atom. The number of nitrogens with one attached hydrogen (secondary N) is 1. The summed E-state index contributed by atoms with van der Waals surface area (Å²) in [5.74, 6) is 0.693. The van der Waals surface area contributed by atoms with Gasteiger partial charge in [0, 0.05) is 10.1 Å². The quantitative estimate of drug-likeness (QED) is 0.417. The molecule has 0 aliphatic carbocycles. The summed E-state index contributed by atoms with van der Waals surface area (Å²) >= 11 is 0. The van der Waals surface area contributed by atoms with Crippen LogP contribution in [0, 0.1) is 10.4 Å². The van der Waals surface area contributed by atoms with Gasteiger partial charge < -0.3 is 20.4 Å². The predicted molar refractivity (Wildman–Crippen MR) is 53.2 cm³/mol. The van der Waals surface area contributed by atoms with Crippen LogP contribution >= 0.6 is 0 Å². The van der Waals surface area contributed by atoms with Crippen molar-refractivity contribution in [1.82, 2.24) is 9.78 Å². The highest BCUT2D eigenvalue weighted by atomic mass is 16.5. The minimum absolute atomic E-state index is 0.251. The fourth-order valence-electron chi connectivity index (χ4n) is 1.76. The Balaban J connectivity index is 2.35. The van der Waals surface area contributed by atoms with Gasteiger partial charge in [0.25, 0.3) is 0 Å². The second-order valence-electron chi connectivity index (χ2n) is 4.06. The normalized spacial score (nSPS) is 24.7. The summed E-state index contributed by atoms with van der Waals surface area (Å²) in [5, 5.41) is 29.9. The van der Waals surface area contributed by atoms with Crippen LogP contribution in [0.5, 0.6) is 0 Å². The standard InChI is InChI=1S/C8H15N5O2/c1-3-4-11-8-7(10-12(11)14)5-13(2,15)6-9-8/h9H,3-6H2,1-2H3. The number of quaternary nitrogens is 1. The fourth-order valence-corrected chi connectivity index (χ4v) is 1.76. The summed E-state index contributed by atoms with van der Waals surface area (Å²) in [6, 6.07) is 0. The van der Waals surface area contributed by atoms with Crippen molar-refractivity contribution in [2.24, 2.45) is 0 Å². The Labute approximate surface area is 87.6 Å². The van der Waals surface area contributed by atoms with Crippen molar-refractivity contribution in [2.45, 2.75) is 26.4 Å². The van der Waals surface area contributed by atoms with Gasteiger partial charge in [0.2, 0.25) is 11.5 Å². The third kappa shape index (κ3) is 1.75. The van der Waals surface area contributed by atoms with Crippen LogP contribution in [0.15, 0.2) is 0 Å². The van der Waals surface area contributed by atoms with E-state index in [9.17, 15) is 10.4 Å². The molecule has 1 aliphatic rings. The van der Waals surface area contributed by atoms with Gasteiger partial charge in [-0.15, -0.1) is 0 Å². The van der Waals surface area contributed by atoms with Crippen molar-refractivity contribution < 1.29 is 9.61 Å². The average molecular weight is 213 g/mol. The molecule has 1 atom stereocenters. The topological polar surface area (TPSA) is 79.8 Å². The zero-order chi connectivity index (χ0) is 11.1. The lowest BCUT2D eigenvalue weighted by Gasteiger charge is -2.40. The molecule has 0 radical (unpaired) electrons. The zero-order valence-electron chi connectivity index (χ0n) is 8.93. The number of nitrogens with zero attached hydrogens (tertiary/aromatic N) is 4. The third-order valence-corrected chi connectivity index (χ3v) is 2.44. The monoisotopic (exact) mass is 213 g/mol. The lowest BCUT2D eigenvalue weighted by atomic mass is 10.3. The first-order chi connectivity index (χ1) is 7.03.